The van der Waals surface area contributed by atoms with E-state index in [0.717, 1.165) is 11.1 Å². The topological polar surface area (TPSA) is 60.0 Å². The summed E-state index contributed by atoms with van der Waals surface area (Å²) in [4.78, 5) is 0. The van der Waals surface area contributed by atoms with Gasteiger partial charge in [0.2, 0.25) is 0 Å². The van der Waals surface area contributed by atoms with E-state index in [0.29, 0.717) is 56.0 Å². The Hall–Kier alpha value is -1.50. The van der Waals surface area contributed by atoms with Crippen LogP contribution in [0.15, 0.2) is 42.5 Å². The van der Waals surface area contributed by atoms with E-state index >= 15 is 0 Å². The highest BCUT2D eigenvalue weighted by Gasteiger charge is 2.13. The van der Waals surface area contributed by atoms with Gasteiger partial charge in [0.1, 0.15) is 6.61 Å². The molecule has 2 aromatic carbocycles. The largest absolute Gasteiger partial charge is 0.490 e. The molecular formula is C20H27Cl2NO4. The van der Waals surface area contributed by atoms with E-state index in [-0.39, 0.29) is 19.0 Å². The van der Waals surface area contributed by atoms with Gasteiger partial charge >= 0.3 is 0 Å². The molecule has 0 unspecified atom stereocenters. The summed E-state index contributed by atoms with van der Waals surface area (Å²) >= 11 is 6.43. The molecule has 0 heterocycles. The van der Waals surface area contributed by atoms with Gasteiger partial charge in [-0.2, -0.15) is 0 Å². The highest BCUT2D eigenvalue weighted by molar-refractivity contribution is 6.32. The highest BCUT2D eigenvalue weighted by atomic mass is 35.5. The Balaban J connectivity index is 0.00000364. The van der Waals surface area contributed by atoms with Gasteiger partial charge < -0.3 is 24.6 Å². The fraction of sp³-hybridized carbons (Fsp3) is 0.400. The van der Waals surface area contributed by atoms with Gasteiger partial charge in [0.15, 0.2) is 11.5 Å². The maximum atomic E-state index is 8.67. The van der Waals surface area contributed by atoms with Crippen LogP contribution in [0, 0.1) is 0 Å². The second kappa shape index (κ2) is 13.6. The molecule has 150 valence electrons. The van der Waals surface area contributed by atoms with Crippen molar-refractivity contribution in [3.63, 3.8) is 0 Å². The molecule has 0 bridgehead atoms. The first-order valence-corrected chi connectivity index (χ1v) is 9.13. The molecule has 0 aliphatic rings. The Morgan fingerprint density at radius 3 is 2.52 bits per heavy atom. The number of nitrogens with one attached hydrogen (secondary N) is 1. The lowest BCUT2D eigenvalue weighted by Gasteiger charge is -2.16. The lowest BCUT2D eigenvalue weighted by molar-refractivity contribution is 0.0938. The maximum Gasteiger partial charge on any atom is 0.180 e. The fourth-order valence-corrected chi connectivity index (χ4v) is 2.69. The third kappa shape index (κ3) is 8.37. The van der Waals surface area contributed by atoms with Crippen LogP contribution in [-0.4, -0.2) is 38.1 Å². The first-order valence-electron chi connectivity index (χ1n) is 8.75. The Morgan fingerprint density at radius 2 is 1.81 bits per heavy atom. The lowest BCUT2D eigenvalue weighted by Crippen LogP contribution is -2.20. The molecule has 0 aliphatic carbocycles. The SMILES string of the molecule is CCOc1cc(CNCCOCCO)cc(Cl)c1OCc1ccccc1.Cl. The Bertz CT molecular complexity index is 656. The van der Waals surface area contributed by atoms with E-state index in [2.05, 4.69) is 5.32 Å². The molecule has 0 amide bonds. The summed E-state index contributed by atoms with van der Waals surface area (Å²) in [5.41, 5.74) is 2.08. The van der Waals surface area contributed by atoms with Crippen LogP contribution in [0.4, 0.5) is 0 Å². The number of hydrogen-bond donors (Lipinski definition) is 2. The monoisotopic (exact) mass is 415 g/mol. The molecule has 2 rings (SSSR count). The smallest absolute Gasteiger partial charge is 0.180 e. The van der Waals surface area contributed by atoms with Gasteiger partial charge in [-0.3, -0.25) is 0 Å². The van der Waals surface area contributed by atoms with E-state index in [9.17, 15) is 0 Å². The quantitative estimate of drug-likeness (QED) is 0.515. The minimum absolute atomic E-state index is 0. The van der Waals surface area contributed by atoms with Gasteiger partial charge in [-0.1, -0.05) is 41.9 Å². The van der Waals surface area contributed by atoms with Gasteiger partial charge in [-0.15, -0.1) is 12.4 Å². The van der Waals surface area contributed by atoms with Gasteiger partial charge in [0, 0.05) is 13.1 Å². The molecule has 2 aromatic rings. The minimum atomic E-state index is 0. The highest BCUT2D eigenvalue weighted by Crippen LogP contribution is 2.37. The van der Waals surface area contributed by atoms with Crippen molar-refractivity contribution in [1.82, 2.24) is 5.32 Å². The molecule has 0 fully saturated rings. The fourth-order valence-electron chi connectivity index (χ4n) is 2.40. The average Bonchev–Trinajstić information content (AvgIpc) is 2.65. The van der Waals surface area contributed by atoms with Crippen LogP contribution in [0.25, 0.3) is 0 Å². The second-order valence-corrected chi connectivity index (χ2v) is 6.03. The normalized spacial score (nSPS) is 10.3. The summed E-state index contributed by atoms with van der Waals surface area (Å²) in [5, 5.41) is 12.5. The van der Waals surface area contributed by atoms with E-state index in [1.807, 2.05) is 49.4 Å². The maximum absolute atomic E-state index is 8.67. The van der Waals surface area contributed by atoms with Crippen LogP contribution in [0.2, 0.25) is 5.02 Å². The molecule has 0 aliphatic heterocycles. The predicted molar refractivity (Wildman–Crippen MR) is 110 cm³/mol. The van der Waals surface area contributed by atoms with Crippen molar-refractivity contribution in [3.05, 3.63) is 58.6 Å². The molecular weight excluding hydrogens is 389 g/mol. The summed E-state index contributed by atoms with van der Waals surface area (Å²) in [6.07, 6.45) is 0. The number of aliphatic hydroxyl groups is 1. The summed E-state index contributed by atoms with van der Waals surface area (Å²) < 4.78 is 16.8. The third-order valence-electron chi connectivity index (χ3n) is 3.58. The molecule has 2 N–H and O–H groups in total. The molecule has 5 nitrogen and oxygen atoms in total. The van der Waals surface area contributed by atoms with Gasteiger partial charge in [-0.05, 0) is 30.2 Å². The molecule has 27 heavy (non-hydrogen) atoms. The molecule has 0 spiro atoms. The first kappa shape index (κ1) is 23.5. The first-order chi connectivity index (χ1) is 12.7. The van der Waals surface area contributed by atoms with Crippen LogP contribution >= 0.6 is 24.0 Å². The number of benzene rings is 2. The zero-order valence-electron chi connectivity index (χ0n) is 15.4. The zero-order valence-corrected chi connectivity index (χ0v) is 17.0. The van der Waals surface area contributed by atoms with Crippen molar-refractivity contribution in [2.75, 3.05) is 33.0 Å². The predicted octanol–water partition coefficient (Wildman–Crippen LogP) is 3.84. The molecule has 0 radical (unpaired) electrons. The van der Waals surface area contributed by atoms with Crippen LogP contribution in [-0.2, 0) is 17.9 Å². The number of hydrogen-bond acceptors (Lipinski definition) is 5. The van der Waals surface area contributed by atoms with Crippen molar-refractivity contribution in [2.45, 2.75) is 20.1 Å². The Labute approximate surface area is 172 Å². The molecule has 0 atom stereocenters. The Morgan fingerprint density at radius 1 is 1.04 bits per heavy atom. The molecule has 7 heteroatoms. The standard InChI is InChI=1S/C20H26ClNO4.ClH/c1-2-25-19-13-17(14-22-8-10-24-11-9-23)12-18(21)20(19)26-15-16-6-4-3-5-7-16;/h3-7,12-13,22-23H,2,8-11,14-15H2,1H3;1H. The Kier molecular flexibility index (Phi) is 11.9. The van der Waals surface area contributed by atoms with Crippen LogP contribution in [0.5, 0.6) is 11.5 Å². The number of ether oxygens (including phenoxy) is 3. The summed E-state index contributed by atoms with van der Waals surface area (Å²) in [6.45, 7) is 5.16. The third-order valence-corrected chi connectivity index (χ3v) is 3.86. The summed E-state index contributed by atoms with van der Waals surface area (Å²) in [5.74, 6) is 1.21. The zero-order chi connectivity index (χ0) is 18.6. The van der Waals surface area contributed by atoms with Crippen LogP contribution in [0.1, 0.15) is 18.1 Å². The molecule has 0 saturated heterocycles. The number of halogens is 2. The minimum Gasteiger partial charge on any atom is -0.490 e. The number of rotatable bonds is 12. The van der Waals surface area contributed by atoms with Crippen LogP contribution in [0.3, 0.4) is 0 Å². The van der Waals surface area contributed by atoms with Gasteiger partial charge in [-0.25, -0.2) is 0 Å². The lowest BCUT2D eigenvalue weighted by atomic mass is 10.2. The van der Waals surface area contributed by atoms with Crippen molar-refractivity contribution >= 4 is 24.0 Å². The van der Waals surface area contributed by atoms with Crippen molar-refractivity contribution in [1.29, 1.82) is 0 Å². The second-order valence-electron chi connectivity index (χ2n) is 5.62. The average molecular weight is 416 g/mol. The number of aliphatic hydroxyl groups excluding tert-OH is 1. The van der Waals surface area contributed by atoms with Crippen molar-refractivity contribution in [2.24, 2.45) is 0 Å². The van der Waals surface area contributed by atoms with Crippen molar-refractivity contribution < 1.29 is 19.3 Å². The van der Waals surface area contributed by atoms with E-state index in [1.54, 1.807) is 0 Å². The van der Waals surface area contributed by atoms with Crippen molar-refractivity contribution in [3.8, 4) is 11.5 Å². The van der Waals surface area contributed by atoms with Crippen LogP contribution < -0.4 is 14.8 Å². The molecule has 0 saturated carbocycles. The van der Waals surface area contributed by atoms with E-state index in [1.165, 1.54) is 0 Å². The van der Waals surface area contributed by atoms with E-state index in [4.69, 9.17) is 30.9 Å². The summed E-state index contributed by atoms with van der Waals surface area (Å²) in [7, 11) is 0. The molecule has 0 aromatic heterocycles. The summed E-state index contributed by atoms with van der Waals surface area (Å²) in [6, 6.07) is 13.8. The van der Waals surface area contributed by atoms with Gasteiger partial charge in [0.05, 0.1) is 31.5 Å². The van der Waals surface area contributed by atoms with E-state index < -0.39 is 0 Å². The van der Waals surface area contributed by atoms with Gasteiger partial charge in [0.25, 0.3) is 0 Å².